The summed E-state index contributed by atoms with van der Waals surface area (Å²) >= 11 is 0. The lowest BCUT2D eigenvalue weighted by molar-refractivity contribution is -0.136. The number of carbonyl (C=O) groups excluding carboxylic acids is 2. The normalized spacial score (nSPS) is 25.6. The average molecular weight is 351 g/mol. The van der Waals surface area contributed by atoms with Crippen LogP contribution >= 0.6 is 0 Å². The van der Waals surface area contributed by atoms with Crippen molar-refractivity contribution >= 4 is 22.7 Å². The van der Waals surface area contributed by atoms with Crippen LogP contribution in [0.3, 0.4) is 0 Å². The van der Waals surface area contributed by atoms with Crippen LogP contribution in [-0.2, 0) is 11.8 Å². The van der Waals surface area contributed by atoms with Crippen molar-refractivity contribution in [3.8, 4) is 0 Å². The predicted molar refractivity (Wildman–Crippen MR) is 102 cm³/mol. The summed E-state index contributed by atoms with van der Waals surface area (Å²) in [5, 5.41) is 1.06. The molecule has 1 spiro atoms. The molecule has 5 heteroatoms. The van der Waals surface area contributed by atoms with Gasteiger partial charge in [-0.15, -0.1) is 6.58 Å². The first kappa shape index (κ1) is 16.9. The van der Waals surface area contributed by atoms with Crippen molar-refractivity contribution in [1.82, 2.24) is 14.4 Å². The maximum Gasteiger partial charge on any atom is 0.270 e. The maximum absolute atomic E-state index is 13.2. The van der Waals surface area contributed by atoms with Gasteiger partial charge in [0.05, 0.1) is 5.41 Å². The summed E-state index contributed by atoms with van der Waals surface area (Å²) in [5.41, 5.74) is 1.30. The molecule has 0 saturated carbocycles. The number of para-hydroxylation sites is 1. The van der Waals surface area contributed by atoms with E-state index in [4.69, 9.17) is 0 Å². The van der Waals surface area contributed by atoms with Gasteiger partial charge in [-0.2, -0.15) is 0 Å². The molecule has 136 valence electrons. The Morgan fingerprint density at radius 1 is 1.38 bits per heavy atom. The van der Waals surface area contributed by atoms with E-state index in [1.54, 1.807) is 6.08 Å². The smallest absolute Gasteiger partial charge is 0.270 e. The van der Waals surface area contributed by atoms with E-state index in [0.29, 0.717) is 25.3 Å². The van der Waals surface area contributed by atoms with E-state index < -0.39 is 5.41 Å². The highest BCUT2D eigenvalue weighted by Gasteiger charge is 2.55. The molecule has 3 heterocycles. The Bertz CT molecular complexity index is 900. The summed E-state index contributed by atoms with van der Waals surface area (Å²) < 4.78 is 1.95. The Morgan fingerprint density at radius 2 is 2.15 bits per heavy atom. The lowest BCUT2D eigenvalue weighted by Gasteiger charge is -2.26. The van der Waals surface area contributed by atoms with Crippen LogP contribution in [0.15, 0.2) is 43.0 Å². The maximum atomic E-state index is 13.2. The van der Waals surface area contributed by atoms with Gasteiger partial charge in [0, 0.05) is 44.1 Å². The van der Waals surface area contributed by atoms with Crippen LogP contribution in [-0.4, -0.2) is 52.4 Å². The molecule has 0 bridgehead atoms. The number of nitrogens with zero attached hydrogens (tertiary/aromatic N) is 3. The third-order valence-electron chi connectivity index (χ3n) is 6.26. The van der Waals surface area contributed by atoms with Crippen LogP contribution in [0.2, 0.25) is 0 Å². The van der Waals surface area contributed by atoms with E-state index in [2.05, 4.69) is 13.5 Å². The number of aromatic nitrogens is 1. The van der Waals surface area contributed by atoms with Gasteiger partial charge in [-0.1, -0.05) is 31.2 Å². The summed E-state index contributed by atoms with van der Waals surface area (Å²) in [6, 6.07) is 9.96. The van der Waals surface area contributed by atoms with Gasteiger partial charge in [0.15, 0.2) is 0 Å². The van der Waals surface area contributed by atoms with Gasteiger partial charge >= 0.3 is 0 Å². The summed E-state index contributed by atoms with van der Waals surface area (Å²) in [4.78, 5) is 29.9. The first-order chi connectivity index (χ1) is 12.5. The molecule has 2 saturated heterocycles. The summed E-state index contributed by atoms with van der Waals surface area (Å²) in [7, 11) is 1.93. The summed E-state index contributed by atoms with van der Waals surface area (Å²) in [5.74, 6) is 0.364. The van der Waals surface area contributed by atoms with Crippen LogP contribution in [0.5, 0.6) is 0 Å². The van der Waals surface area contributed by atoms with Crippen molar-refractivity contribution < 1.29 is 9.59 Å². The zero-order valence-electron chi connectivity index (χ0n) is 15.4. The molecule has 0 aliphatic carbocycles. The third kappa shape index (κ3) is 2.30. The van der Waals surface area contributed by atoms with Gasteiger partial charge in [0.2, 0.25) is 5.91 Å². The molecule has 2 aliphatic heterocycles. The van der Waals surface area contributed by atoms with E-state index in [1.807, 2.05) is 51.7 Å². The Hall–Kier alpha value is -2.56. The Kier molecular flexibility index (Phi) is 3.90. The second kappa shape index (κ2) is 6.01. The largest absolute Gasteiger partial charge is 0.340 e. The fourth-order valence-corrected chi connectivity index (χ4v) is 4.67. The van der Waals surface area contributed by atoms with Crippen molar-refractivity contribution in [1.29, 1.82) is 0 Å². The molecular weight excluding hydrogens is 326 g/mol. The minimum absolute atomic E-state index is 0.0161. The second-order valence-electron chi connectivity index (χ2n) is 7.68. The van der Waals surface area contributed by atoms with Crippen LogP contribution < -0.4 is 0 Å². The van der Waals surface area contributed by atoms with E-state index >= 15 is 0 Å². The Morgan fingerprint density at radius 3 is 2.88 bits per heavy atom. The van der Waals surface area contributed by atoms with E-state index in [-0.39, 0.29) is 17.7 Å². The van der Waals surface area contributed by atoms with Crippen LogP contribution in [0.4, 0.5) is 0 Å². The van der Waals surface area contributed by atoms with Crippen molar-refractivity contribution in [2.45, 2.75) is 13.3 Å². The molecule has 2 fully saturated rings. The topological polar surface area (TPSA) is 45.5 Å². The van der Waals surface area contributed by atoms with Gasteiger partial charge < -0.3 is 14.4 Å². The monoisotopic (exact) mass is 351 g/mol. The van der Waals surface area contributed by atoms with Gasteiger partial charge in [0.25, 0.3) is 5.91 Å². The lowest BCUT2D eigenvalue weighted by atomic mass is 9.78. The Balaban J connectivity index is 1.61. The predicted octanol–water partition coefficient (Wildman–Crippen LogP) is 2.67. The first-order valence-corrected chi connectivity index (χ1v) is 9.22. The van der Waals surface area contributed by atoms with Gasteiger partial charge in [-0.25, -0.2) is 0 Å². The Labute approximate surface area is 153 Å². The molecule has 0 N–H and O–H groups in total. The van der Waals surface area contributed by atoms with Crippen LogP contribution in [0.1, 0.15) is 23.8 Å². The van der Waals surface area contributed by atoms with Crippen molar-refractivity contribution in [3.05, 3.63) is 48.7 Å². The number of aryl methyl sites for hydroxylation is 1. The number of carbonyl (C=O) groups is 2. The van der Waals surface area contributed by atoms with Gasteiger partial charge in [0.1, 0.15) is 5.69 Å². The summed E-state index contributed by atoms with van der Waals surface area (Å²) in [6.07, 6.45) is 2.59. The molecule has 2 atom stereocenters. The molecule has 4 rings (SSSR count). The molecule has 0 radical (unpaired) electrons. The minimum Gasteiger partial charge on any atom is -0.340 e. The number of fused-ring (bicyclic) bond motifs is 1. The number of benzene rings is 1. The number of hydrogen-bond acceptors (Lipinski definition) is 2. The SMILES string of the molecule is C=CCN1CC[C@]2(CN(C(=O)c3cc4ccccc4n3C)C[C@H]2C)C1=O. The fourth-order valence-electron chi connectivity index (χ4n) is 4.67. The minimum atomic E-state index is -0.427. The molecule has 1 aromatic carbocycles. The number of amides is 2. The lowest BCUT2D eigenvalue weighted by Crippen LogP contribution is -2.40. The molecule has 5 nitrogen and oxygen atoms in total. The van der Waals surface area contributed by atoms with E-state index in [9.17, 15) is 9.59 Å². The third-order valence-corrected chi connectivity index (χ3v) is 6.26. The number of hydrogen-bond donors (Lipinski definition) is 0. The highest BCUT2D eigenvalue weighted by atomic mass is 16.2. The first-order valence-electron chi connectivity index (χ1n) is 9.22. The fraction of sp³-hybridized carbons (Fsp3) is 0.429. The average Bonchev–Trinajstić information content (AvgIpc) is 3.26. The van der Waals surface area contributed by atoms with Gasteiger partial charge in [-0.05, 0) is 24.5 Å². The number of rotatable bonds is 3. The molecule has 2 aliphatic rings. The molecule has 2 amide bonds. The zero-order chi connectivity index (χ0) is 18.5. The van der Waals surface area contributed by atoms with Crippen LogP contribution in [0.25, 0.3) is 10.9 Å². The quantitative estimate of drug-likeness (QED) is 0.798. The van der Waals surface area contributed by atoms with Gasteiger partial charge in [-0.3, -0.25) is 9.59 Å². The molecule has 1 aromatic heterocycles. The molecular formula is C21H25N3O2. The van der Waals surface area contributed by atoms with Crippen LogP contribution in [0, 0.1) is 11.3 Å². The zero-order valence-corrected chi connectivity index (χ0v) is 15.4. The van der Waals surface area contributed by atoms with Crippen molar-refractivity contribution in [3.63, 3.8) is 0 Å². The standard InChI is InChI=1S/C21H25N3O2/c1-4-10-23-11-9-21(20(23)26)14-24(13-15(21)2)19(25)18-12-16-7-5-6-8-17(16)22(18)3/h4-8,12,15H,1,9-11,13-14H2,2-3H3/t15-,21-/m1/s1. The summed E-state index contributed by atoms with van der Waals surface area (Å²) in [6.45, 7) is 8.34. The van der Waals surface area contributed by atoms with E-state index in [1.165, 1.54) is 0 Å². The molecule has 0 unspecified atom stereocenters. The van der Waals surface area contributed by atoms with Crippen molar-refractivity contribution in [2.24, 2.45) is 18.4 Å². The number of likely N-dealkylation sites (tertiary alicyclic amines) is 2. The highest BCUT2D eigenvalue weighted by Crippen LogP contribution is 2.45. The second-order valence-corrected chi connectivity index (χ2v) is 7.68. The molecule has 26 heavy (non-hydrogen) atoms. The van der Waals surface area contributed by atoms with E-state index in [0.717, 1.165) is 23.9 Å². The molecule has 2 aromatic rings. The highest BCUT2D eigenvalue weighted by molar-refractivity contribution is 5.99. The van der Waals surface area contributed by atoms with Crippen molar-refractivity contribution in [2.75, 3.05) is 26.2 Å².